The van der Waals surface area contributed by atoms with Gasteiger partial charge in [0, 0.05) is 17.3 Å². The zero-order valence-corrected chi connectivity index (χ0v) is 13.1. The van der Waals surface area contributed by atoms with E-state index in [0.717, 1.165) is 5.25 Å². The number of rotatable bonds is 4. The normalized spacial score (nSPS) is 25.3. The van der Waals surface area contributed by atoms with E-state index in [1.807, 2.05) is 23.9 Å². The van der Waals surface area contributed by atoms with Gasteiger partial charge >= 0.3 is 0 Å². The first-order valence-electron chi connectivity index (χ1n) is 6.35. The van der Waals surface area contributed by atoms with E-state index in [9.17, 15) is 0 Å². The molecule has 0 amide bonds. The summed E-state index contributed by atoms with van der Waals surface area (Å²) in [4.78, 5) is 0. The number of thioether (sulfide) groups is 1. The molecule has 18 heavy (non-hydrogen) atoms. The molecule has 1 aromatic carbocycles. The molecule has 0 saturated heterocycles. The number of benzene rings is 1. The molecule has 0 radical (unpaired) electrons. The maximum atomic E-state index is 6.07. The van der Waals surface area contributed by atoms with Crippen LogP contribution < -0.4 is 5.32 Å². The van der Waals surface area contributed by atoms with Gasteiger partial charge < -0.3 is 5.32 Å². The van der Waals surface area contributed by atoms with Crippen molar-refractivity contribution in [1.82, 2.24) is 5.32 Å². The summed E-state index contributed by atoms with van der Waals surface area (Å²) in [7, 11) is 0. The van der Waals surface area contributed by atoms with Gasteiger partial charge in [-0.1, -0.05) is 35.7 Å². The topological polar surface area (TPSA) is 12.0 Å². The summed E-state index contributed by atoms with van der Waals surface area (Å²) in [5.41, 5.74) is 1.20. The zero-order valence-electron chi connectivity index (χ0n) is 10.7. The minimum Gasteiger partial charge on any atom is -0.306 e. The van der Waals surface area contributed by atoms with Crippen LogP contribution in [0.3, 0.4) is 0 Å². The summed E-state index contributed by atoms with van der Waals surface area (Å²) in [6.07, 6.45) is 6.13. The second-order valence-electron chi connectivity index (χ2n) is 4.87. The third-order valence-electron chi connectivity index (χ3n) is 3.66. The fraction of sp³-hybridized carbons (Fsp3) is 0.571. The van der Waals surface area contributed by atoms with Gasteiger partial charge in [-0.25, -0.2) is 0 Å². The highest BCUT2D eigenvalue weighted by atomic mass is 35.5. The van der Waals surface area contributed by atoms with E-state index in [-0.39, 0.29) is 0 Å². The summed E-state index contributed by atoms with van der Waals surface area (Å²) < 4.78 is 0. The minimum absolute atomic E-state index is 0.317. The lowest BCUT2D eigenvalue weighted by atomic mass is 10.1. The molecule has 0 aliphatic heterocycles. The molecule has 4 heteroatoms. The Morgan fingerprint density at radius 3 is 2.72 bits per heavy atom. The summed E-state index contributed by atoms with van der Waals surface area (Å²) in [5, 5.41) is 5.72. The van der Waals surface area contributed by atoms with Crippen molar-refractivity contribution in [3.8, 4) is 0 Å². The molecule has 100 valence electrons. The minimum atomic E-state index is 0.317. The predicted molar refractivity (Wildman–Crippen MR) is 83.0 cm³/mol. The van der Waals surface area contributed by atoms with Crippen LogP contribution in [0.2, 0.25) is 10.0 Å². The average molecular weight is 304 g/mol. The molecule has 0 spiro atoms. The van der Waals surface area contributed by atoms with Crippen LogP contribution in [0, 0.1) is 0 Å². The van der Waals surface area contributed by atoms with Gasteiger partial charge in [-0.3, -0.25) is 0 Å². The van der Waals surface area contributed by atoms with E-state index in [1.54, 1.807) is 0 Å². The van der Waals surface area contributed by atoms with E-state index in [0.29, 0.717) is 22.1 Å². The molecule has 1 N–H and O–H groups in total. The highest BCUT2D eigenvalue weighted by Gasteiger charge is 2.27. The Labute approximate surface area is 124 Å². The van der Waals surface area contributed by atoms with E-state index in [1.165, 1.54) is 24.8 Å². The van der Waals surface area contributed by atoms with Crippen molar-refractivity contribution in [2.24, 2.45) is 0 Å². The lowest BCUT2D eigenvalue weighted by molar-refractivity contribution is 0.467. The standard InChI is InChI=1S/C14H19Cl2NS/c1-9(10-6-7-11(15)12(16)8-10)17-13-4-3-5-14(13)18-2/h6-9,13-14,17H,3-5H2,1-2H3. The molecule has 1 aromatic rings. The second-order valence-corrected chi connectivity index (χ2v) is 6.76. The molecule has 0 aromatic heterocycles. The fourth-order valence-corrected chi connectivity index (χ4v) is 3.85. The molecule has 1 fully saturated rings. The molecule has 0 bridgehead atoms. The van der Waals surface area contributed by atoms with Crippen LogP contribution >= 0.6 is 35.0 Å². The lowest BCUT2D eigenvalue weighted by Gasteiger charge is -2.24. The first-order chi connectivity index (χ1) is 8.61. The van der Waals surface area contributed by atoms with Gasteiger partial charge in [-0.2, -0.15) is 11.8 Å². The molecule has 1 nitrogen and oxygen atoms in total. The second kappa shape index (κ2) is 6.51. The molecule has 1 aliphatic rings. The first-order valence-corrected chi connectivity index (χ1v) is 8.40. The summed E-state index contributed by atoms with van der Waals surface area (Å²) in [6.45, 7) is 2.19. The number of hydrogen-bond donors (Lipinski definition) is 1. The molecule has 0 heterocycles. The van der Waals surface area contributed by atoms with Crippen LogP contribution in [0.15, 0.2) is 18.2 Å². The zero-order chi connectivity index (χ0) is 13.1. The van der Waals surface area contributed by atoms with Gasteiger partial charge in [0.05, 0.1) is 10.0 Å². The predicted octanol–water partition coefficient (Wildman–Crippen LogP) is 4.93. The highest BCUT2D eigenvalue weighted by Crippen LogP contribution is 2.31. The van der Waals surface area contributed by atoms with Gasteiger partial charge in [-0.15, -0.1) is 0 Å². The van der Waals surface area contributed by atoms with Crippen molar-refractivity contribution in [2.75, 3.05) is 6.26 Å². The van der Waals surface area contributed by atoms with Crippen molar-refractivity contribution < 1.29 is 0 Å². The van der Waals surface area contributed by atoms with Gasteiger partial charge in [0.2, 0.25) is 0 Å². The van der Waals surface area contributed by atoms with E-state index in [4.69, 9.17) is 23.2 Å². The maximum Gasteiger partial charge on any atom is 0.0595 e. The van der Waals surface area contributed by atoms with Crippen molar-refractivity contribution in [3.63, 3.8) is 0 Å². The van der Waals surface area contributed by atoms with E-state index < -0.39 is 0 Å². The van der Waals surface area contributed by atoms with Gasteiger partial charge in [0.15, 0.2) is 0 Å². The molecular formula is C14H19Cl2NS. The summed E-state index contributed by atoms with van der Waals surface area (Å²) in [6, 6.07) is 6.82. The molecule has 3 unspecified atom stereocenters. The van der Waals surface area contributed by atoms with Crippen LogP contribution in [0.4, 0.5) is 0 Å². The Morgan fingerprint density at radius 2 is 2.06 bits per heavy atom. The van der Waals surface area contributed by atoms with Crippen LogP contribution in [0.1, 0.15) is 37.8 Å². The van der Waals surface area contributed by atoms with Crippen LogP contribution in [0.25, 0.3) is 0 Å². The molecule has 2 rings (SSSR count). The Bertz CT molecular complexity index is 411. The smallest absolute Gasteiger partial charge is 0.0595 e. The van der Waals surface area contributed by atoms with Crippen molar-refractivity contribution in [1.29, 1.82) is 0 Å². The van der Waals surface area contributed by atoms with Gasteiger partial charge in [-0.05, 0) is 43.7 Å². The highest BCUT2D eigenvalue weighted by molar-refractivity contribution is 7.99. The van der Waals surface area contributed by atoms with Crippen molar-refractivity contribution >= 4 is 35.0 Å². The fourth-order valence-electron chi connectivity index (χ4n) is 2.60. The third-order valence-corrected chi connectivity index (χ3v) is 5.57. The Kier molecular flexibility index (Phi) is 5.25. The van der Waals surface area contributed by atoms with E-state index in [2.05, 4.69) is 24.6 Å². The van der Waals surface area contributed by atoms with E-state index >= 15 is 0 Å². The Balaban J connectivity index is 2.02. The average Bonchev–Trinajstić information content (AvgIpc) is 2.79. The number of hydrogen-bond acceptors (Lipinski definition) is 2. The third kappa shape index (κ3) is 3.36. The maximum absolute atomic E-state index is 6.07. The van der Waals surface area contributed by atoms with Crippen LogP contribution in [0.5, 0.6) is 0 Å². The SMILES string of the molecule is CSC1CCCC1NC(C)c1ccc(Cl)c(Cl)c1. The number of halogens is 2. The van der Waals surface area contributed by atoms with Gasteiger partial charge in [0.25, 0.3) is 0 Å². The van der Waals surface area contributed by atoms with Crippen molar-refractivity contribution in [3.05, 3.63) is 33.8 Å². The molecule has 3 atom stereocenters. The molecule has 1 aliphatic carbocycles. The molecule has 1 saturated carbocycles. The number of nitrogens with one attached hydrogen (secondary N) is 1. The van der Waals surface area contributed by atoms with Gasteiger partial charge in [0.1, 0.15) is 0 Å². The quantitative estimate of drug-likeness (QED) is 0.846. The lowest BCUT2D eigenvalue weighted by Crippen LogP contribution is -2.35. The summed E-state index contributed by atoms with van der Waals surface area (Å²) >= 11 is 14.0. The molecular weight excluding hydrogens is 285 g/mol. The summed E-state index contributed by atoms with van der Waals surface area (Å²) in [5.74, 6) is 0. The first kappa shape index (κ1) is 14.5. The largest absolute Gasteiger partial charge is 0.306 e. The Morgan fingerprint density at radius 1 is 1.28 bits per heavy atom. The van der Waals surface area contributed by atoms with Crippen molar-refractivity contribution in [2.45, 2.75) is 43.5 Å². The Hall–Kier alpha value is 0.110. The monoisotopic (exact) mass is 303 g/mol. The van der Waals surface area contributed by atoms with Crippen LogP contribution in [-0.2, 0) is 0 Å². The van der Waals surface area contributed by atoms with Crippen LogP contribution in [-0.4, -0.2) is 17.5 Å².